The normalized spacial score (nSPS) is 16.9. The molecule has 4 rings (SSSR count). The molecule has 0 atom stereocenters. The third kappa shape index (κ3) is 1.87. The van der Waals surface area contributed by atoms with Gasteiger partial charge in [-0.1, -0.05) is 18.2 Å². The van der Waals surface area contributed by atoms with Gasteiger partial charge in [0.1, 0.15) is 5.82 Å². The minimum Gasteiger partial charge on any atom is -0.325 e. The molecule has 1 aromatic carbocycles. The fraction of sp³-hybridized carbons (Fsp3) is 0.333. The van der Waals surface area contributed by atoms with Gasteiger partial charge in [-0.15, -0.1) is 0 Å². The fourth-order valence-electron chi connectivity index (χ4n) is 3.08. The highest BCUT2D eigenvalue weighted by Gasteiger charge is 2.26. The third-order valence-electron chi connectivity index (χ3n) is 4.03. The summed E-state index contributed by atoms with van der Waals surface area (Å²) in [7, 11) is 0. The first kappa shape index (κ1) is 12.1. The highest BCUT2D eigenvalue weighted by atomic mass is 35.5. The maximum atomic E-state index is 6.12. The Morgan fingerprint density at radius 3 is 3.00 bits per heavy atom. The standard InChI is InChI=1S/C15H15ClN4/c16-15-18-12-5-7-17-9-11(12)14(19-15)20-8-6-10-3-1-2-4-13(10)20/h1-4,17H,5-9H2. The first-order valence-electron chi connectivity index (χ1n) is 6.94. The summed E-state index contributed by atoms with van der Waals surface area (Å²) in [5.74, 6) is 0.970. The van der Waals surface area contributed by atoms with Crippen molar-refractivity contribution in [2.24, 2.45) is 0 Å². The zero-order valence-corrected chi connectivity index (χ0v) is 11.8. The molecule has 0 saturated carbocycles. The lowest BCUT2D eigenvalue weighted by molar-refractivity contribution is 0.625. The van der Waals surface area contributed by atoms with E-state index in [1.165, 1.54) is 16.8 Å². The summed E-state index contributed by atoms with van der Waals surface area (Å²) in [4.78, 5) is 11.2. The van der Waals surface area contributed by atoms with E-state index in [0.717, 1.165) is 44.0 Å². The molecular weight excluding hydrogens is 272 g/mol. The second-order valence-electron chi connectivity index (χ2n) is 5.20. The first-order chi connectivity index (χ1) is 9.83. The molecule has 0 spiro atoms. The number of rotatable bonds is 1. The van der Waals surface area contributed by atoms with Crippen LogP contribution in [0.15, 0.2) is 24.3 Å². The largest absolute Gasteiger partial charge is 0.325 e. The Kier molecular flexibility index (Phi) is 2.86. The zero-order chi connectivity index (χ0) is 13.5. The van der Waals surface area contributed by atoms with Gasteiger partial charge in [0.2, 0.25) is 5.28 Å². The predicted molar refractivity (Wildman–Crippen MR) is 79.6 cm³/mol. The second-order valence-corrected chi connectivity index (χ2v) is 5.54. The number of anilines is 2. The van der Waals surface area contributed by atoms with Crippen molar-refractivity contribution < 1.29 is 0 Å². The van der Waals surface area contributed by atoms with E-state index in [1.807, 2.05) is 0 Å². The van der Waals surface area contributed by atoms with E-state index >= 15 is 0 Å². The number of halogens is 1. The molecule has 0 aliphatic carbocycles. The lowest BCUT2D eigenvalue weighted by Crippen LogP contribution is -2.28. The highest BCUT2D eigenvalue weighted by molar-refractivity contribution is 6.28. The van der Waals surface area contributed by atoms with Gasteiger partial charge in [0.05, 0.1) is 5.69 Å². The smallest absolute Gasteiger partial charge is 0.224 e. The molecule has 5 heteroatoms. The van der Waals surface area contributed by atoms with Gasteiger partial charge in [0.15, 0.2) is 0 Å². The van der Waals surface area contributed by atoms with Crippen molar-refractivity contribution in [2.75, 3.05) is 18.0 Å². The van der Waals surface area contributed by atoms with Crippen LogP contribution in [0.2, 0.25) is 5.28 Å². The molecule has 3 heterocycles. The summed E-state index contributed by atoms with van der Waals surface area (Å²) in [6.45, 7) is 2.73. The number of benzene rings is 1. The minimum absolute atomic E-state index is 0.352. The summed E-state index contributed by atoms with van der Waals surface area (Å²) in [5.41, 5.74) is 4.90. The van der Waals surface area contributed by atoms with Crippen LogP contribution < -0.4 is 10.2 Å². The van der Waals surface area contributed by atoms with Crippen molar-refractivity contribution in [3.8, 4) is 0 Å². The van der Waals surface area contributed by atoms with Crippen molar-refractivity contribution >= 4 is 23.1 Å². The van der Waals surface area contributed by atoms with Gasteiger partial charge in [-0.3, -0.25) is 0 Å². The van der Waals surface area contributed by atoms with E-state index < -0.39 is 0 Å². The van der Waals surface area contributed by atoms with Crippen molar-refractivity contribution in [1.82, 2.24) is 15.3 Å². The zero-order valence-electron chi connectivity index (χ0n) is 11.1. The number of hydrogen-bond donors (Lipinski definition) is 1. The fourth-order valence-corrected chi connectivity index (χ4v) is 3.26. The van der Waals surface area contributed by atoms with Gasteiger partial charge in [0.25, 0.3) is 0 Å². The molecule has 1 N–H and O–H groups in total. The van der Waals surface area contributed by atoms with Crippen molar-refractivity contribution in [3.63, 3.8) is 0 Å². The van der Waals surface area contributed by atoms with Crippen LogP contribution in [0.4, 0.5) is 11.5 Å². The maximum absolute atomic E-state index is 6.12. The highest BCUT2D eigenvalue weighted by Crippen LogP contribution is 2.36. The van der Waals surface area contributed by atoms with Crippen LogP contribution in [-0.4, -0.2) is 23.1 Å². The first-order valence-corrected chi connectivity index (χ1v) is 7.32. The van der Waals surface area contributed by atoms with Crippen LogP contribution in [0.5, 0.6) is 0 Å². The van der Waals surface area contributed by atoms with Gasteiger partial charge in [0, 0.05) is 37.3 Å². The van der Waals surface area contributed by atoms with E-state index in [0.29, 0.717) is 5.28 Å². The van der Waals surface area contributed by atoms with Crippen LogP contribution in [0.3, 0.4) is 0 Å². The Morgan fingerprint density at radius 1 is 1.15 bits per heavy atom. The predicted octanol–water partition coefficient (Wildman–Crippen LogP) is 2.47. The lowest BCUT2D eigenvalue weighted by Gasteiger charge is -2.25. The molecule has 4 nitrogen and oxygen atoms in total. The summed E-state index contributed by atoms with van der Waals surface area (Å²) in [6.07, 6.45) is 1.97. The number of hydrogen-bond acceptors (Lipinski definition) is 4. The SMILES string of the molecule is Clc1nc2c(c(N3CCc4ccccc43)n1)CNCC2. The number of nitrogens with zero attached hydrogens (tertiary/aromatic N) is 3. The molecular formula is C15H15ClN4. The van der Waals surface area contributed by atoms with Gasteiger partial charge >= 0.3 is 0 Å². The summed E-state index contributed by atoms with van der Waals surface area (Å²) >= 11 is 6.12. The van der Waals surface area contributed by atoms with Crippen molar-refractivity contribution in [3.05, 3.63) is 46.4 Å². The molecule has 0 bridgehead atoms. The number of para-hydroxylation sites is 1. The molecule has 2 aromatic rings. The Balaban J connectivity index is 1.85. The third-order valence-corrected chi connectivity index (χ3v) is 4.20. The molecule has 1 aromatic heterocycles. The molecule has 20 heavy (non-hydrogen) atoms. The Morgan fingerprint density at radius 2 is 2.05 bits per heavy atom. The van der Waals surface area contributed by atoms with Gasteiger partial charge < -0.3 is 10.2 Å². The van der Waals surface area contributed by atoms with Crippen LogP contribution >= 0.6 is 11.6 Å². The van der Waals surface area contributed by atoms with E-state index in [1.54, 1.807) is 0 Å². The molecule has 0 radical (unpaired) electrons. The quantitative estimate of drug-likeness (QED) is 0.818. The summed E-state index contributed by atoms with van der Waals surface area (Å²) < 4.78 is 0. The molecule has 2 aliphatic heterocycles. The van der Waals surface area contributed by atoms with E-state index in [9.17, 15) is 0 Å². The van der Waals surface area contributed by atoms with Crippen LogP contribution in [0.25, 0.3) is 0 Å². The van der Waals surface area contributed by atoms with Crippen LogP contribution in [0, 0.1) is 0 Å². The topological polar surface area (TPSA) is 41.1 Å². The molecule has 0 unspecified atom stereocenters. The van der Waals surface area contributed by atoms with Crippen LogP contribution in [0.1, 0.15) is 16.8 Å². The van der Waals surface area contributed by atoms with E-state index in [-0.39, 0.29) is 0 Å². The summed E-state index contributed by atoms with van der Waals surface area (Å²) in [6, 6.07) is 8.50. The lowest BCUT2D eigenvalue weighted by atomic mass is 10.1. The summed E-state index contributed by atoms with van der Waals surface area (Å²) in [5, 5.41) is 3.75. The average Bonchev–Trinajstić information content (AvgIpc) is 2.90. The van der Waals surface area contributed by atoms with Gasteiger partial charge in [-0.25, -0.2) is 4.98 Å². The Hall–Kier alpha value is -1.65. The minimum atomic E-state index is 0.352. The molecule has 102 valence electrons. The van der Waals surface area contributed by atoms with Gasteiger partial charge in [-0.05, 0) is 29.7 Å². The molecule has 0 fully saturated rings. The maximum Gasteiger partial charge on any atom is 0.224 e. The molecule has 0 amide bonds. The molecule has 2 aliphatic rings. The Labute approximate surface area is 122 Å². The number of nitrogens with one attached hydrogen (secondary N) is 1. The van der Waals surface area contributed by atoms with E-state index in [2.05, 4.69) is 44.5 Å². The van der Waals surface area contributed by atoms with Crippen LogP contribution in [-0.2, 0) is 19.4 Å². The average molecular weight is 287 g/mol. The Bertz CT molecular complexity index is 671. The van der Waals surface area contributed by atoms with Gasteiger partial charge in [-0.2, -0.15) is 4.98 Å². The van der Waals surface area contributed by atoms with E-state index in [4.69, 9.17) is 11.6 Å². The molecule has 0 saturated heterocycles. The number of aromatic nitrogens is 2. The second kappa shape index (κ2) is 4.72. The number of fused-ring (bicyclic) bond motifs is 2. The monoisotopic (exact) mass is 286 g/mol. The van der Waals surface area contributed by atoms with Crippen molar-refractivity contribution in [1.29, 1.82) is 0 Å². The van der Waals surface area contributed by atoms with Crippen molar-refractivity contribution in [2.45, 2.75) is 19.4 Å².